The molecular formula is C16H22N4O2. The Kier molecular flexibility index (Phi) is 5.52. The summed E-state index contributed by atoms with van der Waals surface area (Å²) < 4.78 is 5.66. The predicted molar refractivity (Wildman–Crippen MR) is 84.5 cm³/mol. The summed E-state index contributed by atoms with van der Waals surface area (Å²) in [7, 11) is 0. The normalized spacial score (nSPS) is 10.5. The van der Waals surface area contributed by atoms with Crippen LogP contribution in [-0.4, -0.2) is 40.8 Å². The Hall–Kier alpha value is -2.37. The van der Waals surface area contributed by atoms with Gasteiger partial charge < -0.3 is 14.6 Å². The third-order valence-corrected chi connectivity index (χ3v) is 3.51. The molecule has 0 bridgehead atoms. The van der Waals surface area contributed by atoms with E-state index in [9.17, 15) is 4.79 Å². The predicted octanol–water partition coefficient (Wildman–Crippen LogP) is 2.64. The van der Waals surface area contributed by atoms with E-state index < -0.39 is 0 Å². The molecule has 22 heavy (non-hydrogen) atoms. The van der Waals surface area contributed by atoms with Crippen LogP contribution in [0.25, 0.3) is 11.5 Å². The second kappa shape index (κ2) is 7.59. The Bertz CT molecular complexity index is 620. The van der Waals surface area contributed by atoms with Gasteiger partial charge in [0.05, 0.1) is 0 Å². The smallest absolute Gasteiger partial charge is 0.317 e. The molecule has 0 saturated heterocycles. The van der Waals surface area contributed by atoms with Gasteiger partial charge in [0.25, 0.3) is 0 Å². The zero-order valence-corrected chi connectivity index (χ0v) is 13.3. The third kappa shape index (κ3) is 3.84. The van der Waals surface area contributed by atoms with Gasteiger partial charge in [-0.1, -0.05) is 18.2 Å². The van der Waals surface area contributed by atoms with Gasteiger partial charge in [-0.05, 0) is 32.4 Å². The number of hydrogen-bond acceptors (Lipinski definition) is 4. The van der Waals surface area contributed by atoms with Gasteiger partial charge >= 0.3 is 6.03 Å². The minimum Gasteiger partial charge on any atom is -0.421 e. The van der Waals surface area contributed by atoms with Crippen LogP contribution < -0.4 is 5.32 Å². The van der Waals surface area contributed by atoms with Crippen LogP contribution in [0.3, 0.4) is 0 Å². The first kappa shape index (κ1) is 16.0. The Labute approximate surface area is 130 Å². The Morgan fingerprint density at radius 1 is 1.23 bits per heavy atom. The van der Waals surface area contributed by atoms with Crippen molar-refractivity contribution in [1.29, 1.82) is 0 Å². The van der Waals surface area contributed by atoms with Crippen molar-refractivity contribution in [1.82, 2.24) is 20.4 Å². The number of amides is 2. The van der Waals surface area contributed by atoms with Gasteiger partial charge in [0.1, 0.15) is 0 Å². The van der Waals surface area contributed by atoms with E-state index in [-0.39, 0.29) is 6.03 Å². The Morgan fingerprint density at radius 3 is 2.64 bits per heavy atom. The first-order chi connectivity index (χ1) is 10.7. The molecule has 0 fully saturated rings. The summed E-state index contributed by atoms with van der Waals surface area (Å²) in [5, 5.41) is 11.0. The topological polar surface area (TPSA) is 71.3 Å². The third-order valence-electron chi connectivity index (χ3n) is 3.51. The van der Waals surface area contributed by atoms with Crippen LogP contribution in [0.5, 0.6) is 0 Å². The van der Waals surface area contributed by atoms with E-state index in [0.717, 1.165) is 11.1 Å². The molecule has 0 saturated carbocycles. The van der Waals surface area contributed by atoms with Crippen molar-refractivity contribution in [3.05, 3.63) is 35.7 Å². The molecule has 0 radical (unpaired) electrons. The van der Waals surface area contributed by atoms with Crippen LogP contribution >= 0.6 is 0 Å². The van der Waals surface area contributed by atoms with Crippen molar-refractivity contribution in [3.63, 3.8) is 0 Å². The average molecular weight is 302 g/mol. The highest BCUT2D eigenvalue weighted by Crippen LogP contribution is 2.21. The van der Waals surface area contributed by atoms with Crippen molar-refractivity contribution >= 4 is 6.03 Å². The first-order valence-corrected chi connectivity index (χ1v) is 7.56. The molecule has 6 nitrogen and oxygen atoms in total. The SMILES string of the molecule is CCN(CC)C(=O)NCCc1nnc(-c2ccccc2C)o1. The molecule has 1 heterocycles. The van der Waals surface area contributed by atoms with E-state index >= 15 is 0 Å². The lowest BCUT2D eigenvalue weighted by molar-refractivity contribution is 0.203. The largest absolute Gasteiger partial charge is 0.421 e. The maximum atomic E-state index is 11.8. The van der Waals surface area contributed by atoms with Crippen LogP contribution in [0.15, 0.2) is 28.7 Å². The molecule has 2 amide bonds. The molecule has 0 spiro atoms. The van der Waals surface area contributed by atoms with Crippen LogP contribution in [0, 0.1) is 6.92 Å². The molecule has 0 atom stereocenters. The first-order valence-electron chi connectivity index (χ1n) is 7.56. The number of aryl methyl sites for hydroxylation is 1. The van der Waals surface area contributed by atoms with Crippen LogP contribution in [0.1, 0.15) is 25.3 Å². The fraction of sp³-hybridized carbons (Fsp3) is 0.438. The number of nitrogens with zero attached hydrogens (tertiary/aromatic N) is 3. The molecule has 0 aliphatic rings. The van der Waals surface area contributed by atoms with Crippen LogP contribution in [0.2, 0.25) is 0 Å². The fourth-order valence-corrected chi connectivity index (χ4v) is 2.18. The lowest BCUT2D eigenvalue weighted by atomic mass is 10.1. The number of nitrogens with one attached hydrogen (secondary N) is 1. The summed E-state index contributed by atoms with van der Waals surface area (Å²) in [6, 6.07) is 7.80. The number of rotatable bonds is 6. The summed E-state index contributed by atoms with van der Waals surface area (Å²) >= 11 is 0. The van der Waals surface area contributed by atoms with Crippen molar-refractivity contribution in [3.8, 4) is 11.5 Å². The molecule has 1 aromatic heterocycles. The highest BCUT2D eigenvalue weighted by Gasteiger charge is 2.12. The molecule has 2 aromatic rings. The summed E-state index contributed by atoms with van der Waals surface area (Å²) in [6.07, 6.45) is 0.520. The molecule has 0 unspecified atom stereocenters. The molecule has 1 N–H and O–H groups in total. The molecular weight excluding hydrogens is 280 g/mol. The molecule has 2 rings (SSSR count). The number of benzene rings is 1. The molecule has 118 valence electrons. The number of carbonyl (C=O) groups excluding carboxylic acids is 1. The van der Waals surface area contributed by atoms with E-state index in [2.05, 4.69) is 15.5 Å². The van der Waals surface area contributed by atoms with Crippen LogP contribution in [-0.2, 0) is 6.42 Å². The number of urea groups is 1. The van der Waals surface area contributed by atoms with E-state index in [1.165, 1.54) is 0 Å². The number of carbonyl (C=O) groups is 1. The minimum atomic E-state index is -0.0661. The van der Waals surface area contributed by atoms with E-state index in [4.69, 9.17) is 4.42 Å². The number of aromatic nitrogens is 2. The monoisotopic (exact) mass is 302 g/mol. The van der Waals surface area contributed by atoms with Crippen molar-refractivity contribution in [2.45, 2.75) is 27.2 Å². The molecule has 0 aliphatic heterocycles. The second-order valence-corrected chi connectivity index (χ2v) is 4.97. The van der Waals surface area contributed by atoms with Crippen molar-refractivity contribution < 1.29 is 9.21 Å². The average Bonchev–Trinajstić information content (AvgIpc) is 2.97. The lowest BCUT2D eigenvalue weighted by Crippen LogP contribution is -2.40. The summed E-state index contributed by atoms with van der Waals surface area (Å²) in [4.78, 5) is 13.5. The quantitative estimate of drug-likeness (QED) is 0.890. The molecule has 0 aliphatic carbocycles. The number of hydrogen-bond donors (Lipinski definition) is 1. The van der Waals surface area contributed by atoms with Gasteiger partial charge in [-0.2, -0.15) is 0 Å². The van der Waals surface area contributed by atoms with Crippen molar-refractivity contribution in [2.75, 3.05) is 19.6 Å². The Balaban J connectivity index is 1.91. The zero-order chi connectivity index (χ0) is 15.9. The summed E-state index contributed by atoms with van der Waals surface area (Å²) in [5.74, 6) is 1.04. The van der Waals surface area contributed by atoms with Gasteiger partial charge in [-0.3, -0.25) is 0 Å². The maximum absolute atomic E-state index is 11.8. The van der Waals surface area contributed by atoms with Gasteiger partial charge in [-0.25, -0.2) is 4.79 Å². The standard InChI is InChI=1S/C16H22N4O2/c1-4-20(5-2)16(21)17-11-10-14-18-19-15(22-14)13-9-7-6-8-12(13)3/h6-9H,4-5,10-11H2,1-3H3,(H,17,21). The minimum absolute atomic E-state index is 0.0661. The fourth-order valence-electron chi connectivity index (χ4n) is 2.18. The van der Waals surface area contributed by atoms with E-state index in [0.29, 0.717) is 37.8 Å². The highest BCUT2D eigenvalue weighted by molar-refractivity contribution is 5.74. The maximum Gasteiger partial charge on any atom is 0.317 e. The lowest BCUT2D eigenvalue weighted by Gasteiger charge is -2.18. The van der Waals surface area contributed by atoms with Crippen LogP contribution in [0.4, 0.5) is 4.79 Å². The Morgan fingerprint density at radius 2 is 1.95 bits per heavy atom. The molecule has 1 aromatic carbocycles. The summed E-state index contributed by atoms with van der Waals surface area (Å²) in [6.45, 7) is 7.78. The molecule has 6 heteroatoms. The van der Waals surface area contributed by atoms with Gasteiger partial charge in [0.2, 0.25) is 11.8 Å². The summed E-state index contributed by atoms with van der Waals surface area (Å²) in [5.41, 5.74) is 2.03. The second-order valence-electron chi connectivity index (χ2n) is 4.97. The zero-order valence-electron chi connectivity index (χ0n) is 13.3. The van der Waals surface area contributed by atoms with E-state index in [1.54, 1.807) is 4.90 Å². The van der Waals surface area contributed by atoms with E-state index in [1.807, 2.05) is 45.0 Å². The highest BCUT2D eigenvalue weighted by atomic mass is 16.4. The van der Waals surface area contributed by atoms with Crippen molar-refractivity contribution in [2.24, 2.45) is 0 Å². The van der Waals surface area contributed by atoms with Gasteiger partial charge in [-0.15, -0.1) is 10.2 Å². The van der Waals surface area contributed by atoms with Gasteiger partial charge in [0, 0.05) is 31.6 Å². The van der Waals surface area contributed by atoms with Gasteiger partial charge in [0.15, 0.2) is 0 Å².